The minimum Gasteiger partial charge on any atom is -0.343 e. The Hall–Kier alpha value is -1.65. The van der Waals surface area contributed by atoms with Crippen LogP contribution in [0.15, 0.2) is 12.2 Å². The summed E-state index contributed by atoms with van der Waals surface area (Å²) >= 11 is 0. The van der Waals surface area contributed by atoms with Crippen molar-refractivity contribution in [1.82, 2.24) is 20.1 Å². The van der Waals surface area contributed by atoms with E-state index in [0.29, 0.717) is 0 Å². The average molecular weight is 220 g/mol. The van der Waals surface area contributed by atoms with Gasteiger partial charge in [0.05, 0.1) is 6.04 Å². The standard InChI is InChI=1S/C11H16N4O/c1-3-5-10(16)12-8(2)11-14-13-9-6-4-7-15(9)11/h3,5,8H,4,6-7H2,1-2H3,(H,12,16). The van der Waals surface area contributed by atoms with Crippen molar-refractivity contribution < 1.29 is 4.79 Å². The van der Waals surface area contributed by atoms with Gasteiger partial charge in [-0.1, -0.05) is 6.08 Å². The molecule has 1 aliphatic rings. The number of allylic oxidation sites excluding steroid dienone is 1. The zero-order chi connectivity index (χ0) is 11.5. The van der Waals surface area contributed by atoms with Crippen LogP contribution < -0.4 is 5.32 Å². The molecule has 1 aromatic rings. The lowest BCUT2D eigenvalue weighted by atomic mass is 10.3. The maximum atomic E-state index is 11.4. The molecular formula is C11H16N4O. The number of carbonyl (C=O) groups excluding carboxylic acids is 1. The number of hydrogen-bond acceptors (Lipinski definition) is 3. The van der Waals surface area contributed by atoms with E-state index in [1.54, 1.807) is 6.08 Å². The van der Waals surface area contributed by atoms with Crippen molar-refractivity contribution in [3.63, 3.8) is 0 Å². The first kappa shape index (κ1) is 10.9. The van der Waals surface area contributed by atoms with Gasteiger partial charge in [0.2, 0.25) is 5.91 Å². The fourth-order valence-electron chi connectivity index (χ4n) is 1.97. The van der Waals surface area contributed by atoms with Gasteiger partial charge in [-0.25, -0.2) is 0 Å². The maximum absolute atomic E-state index is 11.4. The smallest absolute Gasteiger partial charge is 0.244 e. The number of hydrogen-bond donors (Lipinski definition) is 1. The van der Waals surface area contributed by atoms with E-state index < -0.39 is 0 Å². The van der Waals surface area contributed by atoms with Gasteiger partial charge < -0.3 is 9.88 Å². The summed E-state index contributed by atoms with van der Waals surface area (Å²) in [6, 6.07) is -0.0944. The molecule has 1 unspecified atom stereocenters. The van der Waals surface area contributed by atoms with Crippen LogP contribution in [0, 0.1) is 0 Å². The number of carbonyl (C=O) groups is 1. The molecule has 0 bridgehead atoms. The van der Waals surface area contributed by atoms with Gasteiger partial charge in [-0.2, -0.15) is 0 Å². The molecule has 5 heteroatoms. The molecule has 0 aliphatic carbocycles. The lowest BCUT2D eigenvalue weighted by Crippen LogP contribution is -2.27. The molecule has 1 N–H and O–H groups in total. The van der Waals surface area contributed by atoms with Crippen LogP contribution in [0.4, 0.5) is 0 Å². The summed E-state index contributed by atoms with van der Waals surface area (Å²) in [4.78, 5) is 11.4. The molecule has 1 aromatic heterocycles. The van der Waals surface area contributed by atoms with E-state index in [2.05, 4.69) is 20.1 Å². The monoisotopic (exact) mass is 220 g/mol. The largest absolute Gasteiger partial charge is 0.343 e. The summed E-state index contributed by atoms with van der Waals surface area (Å²) in [6.45, 7) is 4.71. The second-order valence-corrected chi connectivity index (χ2v) is 3.96. The quantitative estimate of drug-likeness (QED) is 0.772. The fraction of sp³-hybridized carbons (Fsp3) is 0.545. The first-order chi connectivity index (χ1) is 7.72. The number of aryl methyl sites for hydroxylation is 1. The van der Waals surface area contributed by atoms with Crippen LogP contribution in [-0.2, 0) is 17.8 Å². The molecule has 86 valence electrons. The Morgan fingerprint density at radius 3 is 3.12 bits per heavy atom. The highest BCUT2D eigenvalue weighted by atomic mass is 16.1. The van der Waals surface area contributed by atoms with E-state index in [4.69, 9.17) is 0 Å². The normalized spacial score (nSPS) is 16.4. The Balaban J connectivity index is 2.09. The van der Waals surface area contributed by atoms with E-state index in [0.717, 1.165) is 31.0 Å². The van der Waals surface area contributed by atoms with Gasteiger partial charge in [0.15, 0.2) is 5.82 Å². The summed E-state index contributed by atoms with van der Waals surface area (Å²) in [5.74, 6) is 1.79. The minimum absolute atomic E-state index is 0.0923. The number of nitrogens with one attached hydrogen (secondary N) is 1. The van der Waals surface area contributed by atoms with Crippen molar-refractivity contribution >= 4 is 5.91 Å². The summed E-state index contributed by atoms with van der Waals surface area (Å²) < 4.78 is 2.10. The number of fused-ring (bicyclic) bond motifs is 1. The number of nitrogens with zero attached hydrogens (tertiary/aromatic N) is 3. The van der Waals surface area contributed by atoms with Crippen LogP contribution in [-0.4, -0.2) is 20.7 Å². The van der Waals surface area contributed by atoms with Gasteiger partial charge in [0.1, 0.15) is 5.82 Å². The van der Waals surface area contributed by atoms with Crippen LogP contribution in [0.2, 0.25) is 0 Å². The zero-order valence-corrected chi connectivity index (χ0v) is 9.60. The maximum Gasteiger partial charge on any atom is 0.244 e. The van der Waals surface area contributed by atoms with Gasteiger partial charge in [0.25, 0.3) is 0 Å². The van der Waals surface area contributed by atoms with Crippen LogP contribution in [0.3, 0.4) is 0 Å². The van der Waals surface area contributed by atoms with Gasteiger partial charge in [-0.05, 0) is 26.3 Å². The summed E-state index contributed by atoms with van der Waals surface area (Å²) in [6.07, 6.45) is 5.34. The lowest BCUT2D eigenvalue weighted by Gasteiger charge is -2.12. The topological polar surface area (TPSA) is 59.8 Å². The predicted molar refractivity (Wildman–Crippen MR) is 59.7 cm³/mol. The van der Waals surface area contributed by atoms with Crippen molar-refractivity contribution in [2.24, 2.45) is 0 Å². The summed E-state index contributed by atoms with van der Waals surface area (Å²) in [5.41, 5.74) is 0. The highest BCUT2D eigenvalue weighted by Gasteiger charge is 2.21. The fourth-order valence-corrected chi connectivity index (χ4v) is 1.97. The number of amides is 1. The molecule has 0 saturated carbocycles. The third-order valence-corrected chi connectivity index (χ3v) is 2.70. The second-order valence-electron chi connectivity index (χ2n) is 3.96. The van der Waals surface area contributed by atoms with Crippen LogP contribution in [0.1, 0.15) is 38.0 Å². The minimum atomic E-state index is -0.0944. The van der Waals surface area contributed by atoms with E-state index in [-0.39, 0.29) is 11.9 Å². The molecule has 0 aromatic carbocycles. The Morgan fingerprint density at radius 1 is 1.56 bits per heavy atom. The number of aromatic nitrogens is 3. The van der Waals surface area contributed by atoms with E-state index in [9.17, 15) is 4.79 Å². The van der Waals surface area contributed by atoms with Crippen molar-refractivity contribution in [3.05, 3.63) is 23.8 Å². The molecule has 16 heavy (non-hydrogen) atoms. The van der Waals surface area contributed by atoms with Gasteiger partial charge in [-0.3, -0.25) is 4.79 Å². The van der Waals surface area contributed by atoms with Crippen molar-refractivity contribution in [2.75, 3.05) is 0 Å². The first-order valence-electron chi connectivity index (χ1n) is 5.57. The molecule has 0 radical (unpaired) electrons. The van der Waals surface area contributed by atoms with E-state index >= 15 is 0 Å². The Labute approximate surface area is 94.6 Å². The molecule has 1 amide bonds. The summed E-state index contributed by atoms with van der Waals surface area (Å²) in [7, 11) is 0. The predicted octanol–water partition coefficient (Wildman–Crippen LogP) is 0.978. The molecule has 2 heterocycles. The SMILES string of the molecule is CC=CC(=O)NC(C)c1nnc2n1CCC2. The van der Waals surface area contributed by atoms with E-state index in [1.807, 2.05) is 13.8 Å². The lowest BCUT2D eigenvalue weighted by molar-refractivity contribution is -0.117. The van der Waals surface area contributed by atoms with Crippen molar-refractivity contribution in [2.45, 2.75) is 39.3 Å². The van der Waals surface area contributed by atoms with Crippen molar-refractivity contribution in [3.8, 4) is 0 Å². The Morgan fingerprint density at radius 2 is 2.38 bits per heavy atom. The van der Waals surface area contributed by atoms with Crippen LogP contribution in [0.5, 0.6) is 0 Å². The highest BCUT2D eigenvalue weighted by Crippen LogP contribution is 2.18. The van der Waals surface area contributed by atoms with Gasteiger partial charge in [0, 0.05) is 13.0 Å². The van der Waals surface area contributed by atoms with Gasteiger partial charge >= 0.3 is 0 Å². The number of rotatable bonds is 3. The average Bonchev–Trinajstić information content (AvgIpc) is 2.77. The Kier molecular flexibility index (Phi) is 3.03. The second kappa shape index (κ2) is 4.47. The first-order valence-corrected chi connectivity index (χ1v) is 5.57. The molecule has 0 spiro atoms. The molecule has 0 fully saturated rings. The van der Waals surface area contributed by atoms with Crippen LogP contribution >= 0.6 is 0 Å². The third-order valence-electron chi connectivity index (χ3n) is 2.70. The highest BCUT2D eigenvalue weighted by molar-refractivity contribution is 5.87. The summed E-state index contributed by atoms with van der Waals surface area (Å²) in [5, 5.41) is 11.1. The molecular weight excluding hydrogens is 204 g/mol. The molecule has 0 saturated heterocycles. The molecule has 2 rings (SSSR count). The molecule has 1 atom stereocenters. The Bertz CT molecular complexity index is 422. The van der Waals surface area contributed by atoms with Gasteiger partial charge in [-0.15, -0.1) is 10.2 Å². The molecule has 1 aliphatic heterocycles. The van der Waals surface area contributed by atoms with E-state index in [1.165, 1.54) is 6.08 Å². The zero-order valence-electron chi connectivity index (χ0n) is 9.60. The van der Waals surface area contributed by atoms with Crippen LogP contribution in [0.25, 0.3) is 0 Å². The third kappa shape index (κ3) is 1.98. The van der Waals surface area contributed by atoms with Crippen molar-refractivity contribution in [1.29, 1.82) is 0 Å². The molecule has 5 nitrogen and oxygen atoms in total.